The second-order valence-corrected chi connectivity index (χ2v) is 5.32. The average molecular weight is 317 g/mol. The fourth-order valence-corrected chi connectivity index (χ4v) is 2.63. The van der Waals surface area contributed by atoms with Crippen molar-refractivity contribution in [2.24, 2.45) is 0 Å². The van der Waals surface area contributed by atoms with Crippen LogP contribution in [0.15, 0.2) is 10.5 Å². The Morgan fingerprint density at radius 2 is 2.37 bits per heavy atom. The molecule has 1 aromatic rings. The van der Waals surface area contributed by atoms with Gasteiger partial charge < -0.3 is 5.32 Å². The first-order chi connectivity index (χ1) is 9.06. The molecule has 2 heterocycles. The summed E-state index contributed by atoms with van der Waals surface area (Å²) in [4.78, 5) is 16.1. The number of hydrogen-bond acceptors (Lipinski definition) is 4. The maximum absolute atomic E-state index is 12.0. The molecule has 7 heteroatoms. The van der Waals surface area contributed by atoms with E-state index in [0.717, 1.165) is 12.7 Å². The van der Waals surface area contributed by atoms with Gasteiger partial charge in [-0.05, 0) is 28.9 Å². The van der Waals surface area contributed by atoms with Crippen molar-refractivity contribution in [3.8, 4) is 12.0 Å². The van der Waals surface area contributed by atoms with Gasteiger partial charge in [0.25, 0.3) is 6.71 Å². The quantitative estimate of drug-likeness (QED) is 0.848. The summed E-state index contributed by atoms with van der Waals surface area (Å²) in [7, 11) is 0. The van der Waals surface area contributed by atoms with Gasteiger partial charge in [0.1, 0.15) is 11.8 Å². The molecule has 1 fully saturated rings. The van der Waals surface area contributed by atoms with Crippen LogP contribution in [0.4, 0.5) is 5.69 Å². The highest BCUT2D eigenvalue weighted by Crippen LogP contribution is 2.35. The smallest absolute Gasteiger partial charge is 0.280 e. The summed E-state index contributed by atoms with van der Waals surface area (Å²) in [6, 6.07) is 3.51. The largest absolute Gasteiger partial charge is 0.324 e. The van der Waals surface area contributed by atoms with E-state index in [1.54, 1.807) is 13.0 Å². The second kappa shape index (κ2) is 5.42. The summed E-state index contributed by atoms with van der Waals surface area (Å²) < 4.78 is 0.623. The summed E-state index contributed by atoms with van der Waals surface area (Å²) in [5.74, 6) is 1.73. The third-order valence-corrected chi connectivity index (χ3v) is 3.92. The highest BCUT2D eigenvalue weighted by Gasteiger charge is 2.40. The third-order valence-electron chi connectivity index (χ3n) is 3.29. The van der Waals surface area contributed by atoms with Crippen LogP contribution in [0.1, 0.15) is 17.8 Å². The molecule has 1 amide bonds. The molecule has 1 saturated heterocycles. The van der Waals surface area contributed by atoms with E-state index in [0.29, 0.717) is 21.5 Å². The number of rotatable bonds is 2. The molecule has 0 aromatic carbocycles. The lowest BCUT2D eigenvalue weighted by atomic mass is 9.30. The van der Waals surface area contributed by atoms with Crippen LogP contribution in [0, 0.1) is 29.5 Å². The normalized spacial score (nSPS) is 17.1. The van der Waals surface area contributed by atoms with E-state index in [9.17, 15) is 4.79 Å². The Morgan fingerprint density at radius 3 is 2.84 bits per heavy atom. The molecule has 1 aliphatic rings. The molecule has 1 unspecified atom stereocenters. The van der Waals surface area contributed by atoms with Crippen LogP contribution in [0.5, 0.6) is 0 Å². The number of carbonyl (C=O) groups excluding carboxylic acids is 1. The van der Waals surface area contributed by atoms with Gasteiger partial charge in [-0.25, -0.2) is 10.2 Å². The van der Waals surface area contributed by atoms with Crippen LogP contribution < -0.4 is 5.32 Å². The van der Waals surface area contributed by atoms with Gasteiger partial charge >= 0.3 is 0 Å². The van der Waals surface area contributed by atoms with Crippen molar-refractivity contribution < 1.29 is 4.79 Å². The van der Waals surface area contributed by atoms with Crippen molar-refractivity contribution in [3.05, 3.63) is 21.9 Å². The number of hydrogen-bond donors (Lipinski definition) is 1. The summed E-state index contributed by atoms with van der Waals surface area (Å²) in [6.45, 7) is 1.54. The lowest BCUT2D eigenvalue weighted by molar-refractivity contribution is -0.116. The first-order valence-corrected chi connectivity index (χ1v) is 6.64. The van der Waals surface area contributed by atoms with Crippen molar-refractivity contribution in [2.75, 3.05) is 5.32 Å². The Kier molecular flexibility index (Phi) is 3.87. The minimum Gasteiger partial charge on any atom is -0.324 e. The van der Waals surface area contributed by atoms with Crippen LogP contribution in [0.25, 0.3) is 0 Å². The van der Waals surface area contributed by atoms with Crippen LogP contribution in [-0.2, 0) is 4.79 Å². The fourth-order valence-electron chi connectivity index (χ4n) is 2.03. The Hall–Kier alpha value is -1.86. The van der Waals surface area contributed by atoms with Crippen molar-refractivity contribution >= 4 is 34.2 Å². The SMILES string of the molecule is Cc1nc(C#N)cc(Br)c1NC(=O)C1CCB1C#N. The van der Waals surface area contributed by atoms with Crippen LogP contribution >= 0.6 is 15.9 Å². The number of aryl methyl sites for hydroxylation is 1. The van der Waals surface area contributed by atoms with Crippen molar-refractivity contribution in [1.82, 2.24) is 4.98 Å². The maximum atomic E-state index is 12.0. The number of carbonyl (C=O) groups is 1. The first kappa shape index (κ1) is 13.6. The monoisotopic (exact) mass is 316 g/mol. The number of aromatic nitrogens is 1. The molecule has 1 aromatic heterocycles. The first-order valence-electron chi connectivity index (χ1n) is 5.84. The molecule has 0 aliphatic carbocycles. The van der Waals surface area contributed by atoms with Crippen LogP contribution in [0.3, 0.4) is 0 Å². The summed E-state index contributed by atoms with van der Waals surface area (Å²) in [6.07, 6.45) is 1.52. The summed E-state index contributed by atoms with van der Waals surface area (Å²) in [5.41, 5.74) is 1.43. The highest BCUT2D eigenvalue weighted by molar-refractivity contribution is 9.10. The third kappa shape index (κ3) is 2.62. The fraction of sp³-hybridized carbons (Fsp3) is 0.333. The molecular formula is C12H10BBrN4O. The zero-order valence-electron chi connectivity index (χ0n) is 10.3. The topological polar surface area (TPSA) is 89.6 Å². The van der Waals surface area contributed by atoms with E-state index in [-0.39, 0.29) is 18.4 Å². The Bertz CT molecular complexity index is 596. The zero-order chi connectivity index (χ0) is 14.0. The van der Waals surface area contributed by atoms with Gasteiger partial charge in [-0.2, -0.15) is 5.26 Å². The minimum absolute atomic E-state index is 0.159. The standard InChI is InChI=1S/C12H10BBrN4O/c1-7-11(10(14)4-8(5-15)17-7)18-12(19)9-2-3-13(9)6-16/h4,9H,2-3H2,1H3,(H,18,19). The van der Waals surface area contributed by atoms with Gasteiger partial charge in [0.15, 0.2) is 0 Å². The zero-order valence-corrected chi connectivity index (χ0v) is 11.9. The van der Waals surface area contributed by atoms with Gasteiger partial charge in [0.05, 0.1) is 11.4 Å². The molecule has 0 bridgehead atoms. The van der Waals surface area contributed by atoms with Crippen molar-refractivity contribution in [2.45, 2.75) is 25.5 Å². The Morgan fingerprint density at radius 1 is 1.63 bits per heavy atom. The molecule has 1 N–H and O–H groups in total. The van der Waals surface area contributed by atoms with Crippen LogP contribution in [-0.4, -0.2) is 17.6 Å². The number of nitriles is 2. The molecule has 1 atom stereocenters. The molecular weight excluding hydrogens is 307 g/mol. The Labute approximate surface area is 119 Å². The average Bonchev–Trinajstić information content (AvgIpc) is 2.32. The number of pyridine rings is 1. The highest BCUT2D eigenvalue weighted by atomic mass is 79.9. The summed E-state index contributed by atoms with van der Waals surface area (Å²) in [5, 5.41) is 20.5. The molecule has 0 spiro atoms. The Balaban J connectivity index is 2.19. The number of anilines is 1. The van der Waals surface area contributed by atoms with E-state index < -0.39 is 0 Å². The van der Waals surface area contributed by atoms with E-state index in [1.807, 2.05) is 6.07 Å². The predicted molar refractivity (Wildman–Crippen MR) is 74.6 cm³/mol. The van der Waals surface area contributed by atoms with E-state index in [1.165, 1.54) is 0 Å². The lowest BCUT2D eigenvalue weighted by Crippen LogP contribution is -2.38. The lowest BCUT2D eigenvalue weighted by Gasteiger charge is -2.27. The minimum atomic E-state index is -0.244. The molecule has 94 valence electrons. The van der Waals surface area contributed by atoms with Gasteiger partial charge in [0, 0.05) is 16.3 Å². The summed E-state index contributed by atoms with van der Waals surface area (Å²) >= 11 is 3.32. The number of nitrogens with zero attached hydrogens (tertiary/aromatic N) is 3. The van der Waals surface area contributed by atoms with E-state index in [4.69, 9.17) is 10.5 Å². The van der Waals surface area contributed by atoms with Gasteiger partial charge in [-0.1, -0.05) is 12.7 Å². The molecule has 2 rings (SSSR count). The number of nitrogens with one attached hydrogen (secondary N) is 1. The molecule has 19 heavy (non-hydrogen) atoms. The number of halogens is 1. The van der Waals surface area contributed by atoms with E-state index in [2.05, 4.69) is 32.2 Å². The van der Waals surface area contributed by atoms with Gasteiger partial charge in [-0.3, -0.25) is 4.79 Å². The van der Waals surface area contributed by atoms with Crippen LogP contribution in [0.2, 0.25) is 12.1 Å². The molecule has 0 saturated carbocycles. The predicted octanol–water partition coefficient (Wildman–Crippen LogP) is 2.29. The maximum Gasteiger partial charge on any atom is 0.280 e. The van der Waals surface area contributed by atoms with E-state index >= 15 is 0 Å². The van der Waals surface area contributed by atoms with Crippen molar-refractivity contribution in [1.29, 1.82) is 10.5 Å². The van der Waals surface area contributed by atoms with Crippen molar-refractivity contribution in [3.63, 3.8) is 0 Å². The molecule has 5 nitrogen and oxygen atoms in total. The number of amides is 1. The van der Waals surface area contributed by atoms with Gasteiger partial charge in [-0.15, -0.1) is 0 Å². The second-order valence-electron chi connectivity index (χ2n) is 4.47. The molecule has 1 aliphatic heterocycles. The molecule has 0 radical (unpaired) electrons. The van der Waals surface area contributed by atoms with Gasteiger partial charge in [0.2, 0.25) is 5.91 Å².